The highest BCUT2D eigenvalue weighted by Crippen LogP contribution is 2.33. The molecule has 11 heteroatoms. The molecule has 10 nitrogen and oxygen atoms in total. The second-order valence-corrected chi connectivity index (χ2v) is 9.43. The van der Waals surface area contributed by atoms with E-state index >= 15 is 0 Å². The van der Waals surface area contributed by atoms with Gasteiger partial charge in [-0.2, -0.15) is 0 Å². The van der Waals surface area contributed by atoms with E-state index in [1.54, 1.807) is 36.4 Å². The molecule has 0 saturated carbocycles. The minimum atomic E-state index is -0.535. The van der Waals surface area contributed by atoms with E-state index in [0.717, 1.165) is 17.3 Å². The van der Waals surface area contributed by atoms with Gasteiger partial charge in [-0.05, 0) is 67.1 Å². The van der Waals surface area contributed by atoms with Crippen molar-refractivity contribution in [1.82, 2.24) is 9.55 Å². The number of thioether (sulfide) groups is 1. The molecule has 0 saturated heterocycles. The molecule has 1 amide bonds. The summed E-state index contributed by atoms with van der Waals surface area (Å²) in [4.78, 5) is 43.1. The van der Waals surface area contributed by atoms with Gasteiger partial charge in [0.25, 0.3) is 5.56 Å². The largest absolute Gasteiger partial charge is 0.494 e. The molecule has 0 aliphatic carbocycles. The number of carbonyl (C=O) groups is 2. The zero-order valence-corrected chi connectivity index (χ0v) is 22.1. The molecule has 0 unspecified atom stereocenters. The first-order valence-electron chi connectivity index (χ1n) is 12.1. The zero-order chi connectivity index (χ0) is 27.4. The van der Waals surface area contributed by atoms with Gasteiger partial charge in [-0.25, -0.2) is 9.78 Å². The Kier molecular flexibility index (Phi) is 7.69. The number of hydrogen-bond acceptors (Lipinski definition) is 9. The lowest BCUT2D eigenvalue weighted by Crippen LogP contribution is -2.25. The van der Waals surface area contributed by atoms with Crippen LogP contribution >= 0.6 is 11.8 Å². The summed E-state index contributed by atoms with van der Waals surface area (Å²) in [6, 6.07) is 17.1. The van der Waals surface area contributed by atoms with Crippen molar-refractivity contribution < 1.29 is 28.5 Å². The normalized spacial score (nSPS) is 11.8. The molecule has 1 aromatic heterocycles. The number of anilines is 1. The number of fused-ring (bicyclic) bond motifs is 2. The summed E-state index contributed by atoms with van der Waals surface area (Å²) < 4.78 is 22.6. The summed E-state index contributed by atoms with van der Waals surface area (Å²) in [5, 5.41) is 3.51. The van der Waals surface area contributed by atoms with Crippen LogP contribution in [0, 0.1) is 0 Å². The highest BCUT2D eigenvalue weighted by atomic mass is 32.2. The molecule has 200 valence electrons. The first-order valence-corrected chi connectivity index (χ1v) is 13.1. The van der Waals surface area contributed by atoms with E-state index in [-0.39, 0.29) is 36.1 Å². The summed E-state index contributed by atoms with van der Waals surface area (Å²) in [7, 11) is 1.29. The Bertz CT molecular complexity index is 1600. The van der Waals surface area contributed by atoms with Crippen LogP contribution in [-0.4, -0.2) is 47.7 Å². The van der Waals surface area contributed by atoms with E-state index in [1.165, 1.54) is 23.8 Å². The third-order valence-electron chi connectivity index (χ3n) is 5.90. The summed E-state index contributed by atoms with van der Waals surface area (Å²) in [6.45, 7) is 2.79. The van der Waals surface area contributed by atoms with Crippen LogP contribution < -0.4 is 25.1 Å². The molecule has 2 heterocycles. The monoisotopic (exact) mass is 547 g/mol. The fourth-order valence-electron chi connectivity index (χ4n) is 4.05. The second-order valence-electron chi connectivity index (χ2n) is 8.49. The van der Waals surface area contributed by atoms with Crippen molar-refractivity contribution in [3.05, 3.63) is 82.1 Å². The molecule has 0 bridgehead atoms. The van der Waals surface area contributed by atoms with Crippen molar-refractivity contribution in [3.8, 4) is 17.2 Å². The average Bonchev–Trinajstić information content (AvgIpc) is 3.42. The Hall–Kier alpha value is -4.51. The zero-order valence-electron chi connectivity index (χ0n) is 21.3. The first-order chi connectivity index (χ1) is 18.9. The predicted molar refractivity (Wildman–Crippen MR) is 146 cm³/mol. The molecule has 0 fully saturated rings. The summed E-state index contributed by atoms with van der Waals surface area (Å²) in [5.41, 5.74) is 1.72. The number of methoxy groups -OCH3 is 1. The summed E-state index contributed by atoms with van der Waals surface area (Å²) >= 11 is 1.12. The van der Waals surface area contributed by atoms with Crippen molar-refractivity contribution in [2.24, 2.45) is 0 Å². The summed E-state index contributed by atoms with van der Waals surface area (Å²) in [5.74, 6) is 1.15. The van der Waals surface area contributed by atoms with Gasteiger partial charge in [0.1, 0.15) is 5.75 Å². The minimum absolute atomic E-state index is 0.00297. The summed E-state index contributed by atoms with van der Waals surface area (Å²) in [6.07, 6.45) is 0. The van der Waals surface area contributed by atoms with E-state index < -0.39 is 5.97 Å². The minimum Gasteiger partial charge on any atom is -0.494 e. The van der Waals surface area contributed by atoms with E-state index in [9.17, 15) is 14.4 Å². The van der Waals surface area contributed by atoms with Gasteiger partial charge < -0.3 is 24.3 Å². The van der Waals surface area contributed by atoms with Gasteiger partial charge in [-0.15, -0.1) is 0 Å². The number of esters is 1. The predicted octanol–water partition coefficient (Wildman–Crippen LogP) is 4.09. The number of aromatic nitrogens is 2. The molecule has 0 spiro atoms. The van der Waals surface area contributed by atoms with E-state index in [1.807, 2.05) is 19.1 Å². The maximum absolute atomic E-state index is 13.6. The van der Waals surface area contributed by atoms with Crippen molar-refractivity contribution in [3.63, 3.8) is 0 Å². The standard InChI is InChI=1S/C28H25N3O7S/c1-3-36-20-8-6-19(7-9-20)29-25(32)15-39-28-30-22-13-18(27(34)35-2)5-10-21(22)26(33)31(28)14-17-4-11-23-24(12-17)38-16-37-23/h4-13H,3,14-16H2,1-2H3,(H,29,32). The topological polar surface area (TPSA) is 118 Å². The number of ether oxygens (including phenoxy) is 4. The van der Waals surface area contributed by atoms with Crippen LogP contribution in [-0.2, 0) is 16.1 Å². The molecule has 0 radical (unpaired) electrons. The molecule has 1 N–H and O–H groups in total. The molecule has 1 aliphatic rings. The number of amides is 1. The maximum atomic E-state index is 13.6. The molecular formula is C28H25N3O7S. The fourth-order valence-corrected chi connectivity index (χ4v) is 4.84. The van der Waals surface area contributed by atoms with E-state index in [0.29, 0.717) is 45.6 Å². The smallest absolute Gasteiger partial charge is 0.337 e. The third-order valence-corrected chi connectivity index (χ3v) is 6.88. The third kappa shape index (κ3) is 5.83. The number of rotatable bonds is 9. The Morgan fingerprint density at radius 2 is 1.85 bits per heavy atom. The van der Waals surface area contributed by atoms with Gasteiger partial charge >= 0.3 is 5.97 Å². The molecule has 0 atom stereocenters. The average molecular weight is 548 g/mol. The van der Waals surface area contributed by atoms with Gasteiger partial charge in [-0.1, -0.05) is 17.8 Å². The van der Waals surface area contributed by atoms with Crippen LogP contribution in [0.5, 0.6) is 17.2 Å². The van der Waals surface area contributed by atoms with Crippen LogP contribution in [0.2, 0.25) is 0 Å². The van der Waals surface area contributed by atoms with Crippen LogP contribution in [0.25, 0.3) is 10.9 Å². The van der Waals surface area contributed by atoms with Crippen molar-refractivity contribution in [2.75, 3.05) is 31.6 Å². The first kappa shape index (κ1) is 26.1. The van der Waals surface area contributed by atoms with Gasteiger partial charge in [0.2, 0.25) is 12.7 Å². The number of nitrogens with one attached hydrogen (secondary N) is 1. The lowest BCUT2D eigenvalue weighted by molar-refractivity contribution is -0.113. The van der Waals surface area contributed by atoms with Crippen LogP contribution in [0.3, 0.4) is 0 Å². The molecule has 1 aliphatic heterocycles. The second kappa shape index (κ2) is 11.5. The van der Waals surface area contributed by atoms with Gasteiger partial charge in [0, 0.05) is 5.69 Å². The maximum Gasteiger partial charge on any atom is 0.337 e. The SMILES string of the molecule is CCOc1ccc(NC(=O)CSc2nc3cc(C(=O)OC)ccc3c(=O)n2Cc2ccc3c(c2)OCO3)cc1. The molecular weight excluding hydrogens is 522 g/mol. The van der Waals surface area contributed by atoms with E-state index in [4.69, 9.17) is 18.9 Å². The molecule has 39 heavy (non-hydrogen) atoms. The highest BCUT2D eigenvalue weighted by Gasteiger charge is 2.18. The highest BCUT2D eigenvalue weighted by molar-refractivity contribution is 7.99. The number of nitrogens with zero attached hydrogens (tertiary/aromatic N) is 2. The van der Waals surface area contributed by atoms with Gasteiger partial charge in [0.05, 0.1) is 42.5 Å². The Balaban J connectivity index is 1.43. The number of carbonyl (C=O) groups excluding carboxylic acids is 2. The molecule has 4 aromatic rings. The fraction of sp³-hybridized carbons (Fsp3) is 0.214. The Morgan fingerprint density at radius 1 is 1.05 bits per heavy atom. The number of benzene rings is 3. The van der Waals surface area contributed by atoms with Crippen LogP contribution in [0.1, 0.15) is 22.8 Å². The van der Waals surface area contributed by atoms with Crippen LogP contribution in [0.15, 0.2) is 70.6 Å². The van der Waals surface area contributed by atoms with Crippen molar-refractivity contribution in [1.29, 1.82) is 0 Å². The Labute approximate surface area is 227 Å². The van der Waals surface area contributed by atoms with E-state index in [2.05, 4.69) is 10.3 Å². The van der Waals surface area contributed by atoms with Crippen molar-refractivity contribution in [2.45, 2.75) is 18.6 Å². The van der Waals surface area contributed by atoms with Gasteiger partial charge in [-0.3, -0.25) is 14.2 Å². The lowest BCUT2D eigenvalue weighted by atomic mass is 10.1. The lowest BCUT2D eigenvalue weighted by Gasteiger charge is -2.14. The quantitative estimate of drug-likeness (QED) is 0.188. The number of hydrogen-bond donors (Lipinski definition) is 1. The molecule has 3 aromatic carbocycles. The molecule has 5 rings (SSSR count). The van der Waals surface area contributed by atoms with Crippen molar-refractivity contribution >= 4 is 40.2 Å². The van der Waals surface area contributed by atoms with Gasteiger partial charge in [0.15, 0.2) is 16.7 Å². The Morgan fingerprint density at radius 3 is 2.62 bits per heavy atom. The van der Waals surface area contributed by atoms with Crippen LogP contribution in [0.4, 0.5) is 5.69 Å².